The molecule has 0 radical (unpaired) electrons. The highest BCUT2D eigenvalue weighted by atomic mass is 19.1. The number of carbonyl (C=O) groups is 1. The summed E-state index contributed by atoms with van der Waals surface area (Å²) >= 11 is 0. The number of amides is 1. The highest BCUT2D eigenvalue weighted by molar-refractivity contribution is 5.95. The molecule has 0 unspecified atom stereocenters. The van der Waals surface area contributed by atoms with E-state index in [2.05, 4.69) is 20.7 Å². The van der Waals surface area contributed by atoms with Crippen LogP contribution in [0.3, 0.4) is 0 Å². The summed E-state index contributed by atoms with van der Waals surface area (Å²) in [5.41, 5.74) is 3.55. The standard InChI is InChI=1S/C27H32F2N6O2/c1-16-7-23(28)22(27(37)33-20-3-4-20)9-26(16)35-14-19(11-31-35)18-8-21(12-30-10-18)32-25-5-6-34(13-17(2)36)15-24(25)29/h7-12,14,17,20,24-25,32,36H,3-6,13,15H2,1-2H3,(H,33,37)/t17-,24-,25+/m1/s1. The first-order valence-electron chi connectivity index (χ1n) is 12.7. The summed E-state index contributed by atoms with van der Waals surface area (Å²) in [7, 11) is 0. The number of aliphatic hydroxyl groups is 1. The summed E-state index contributed by atoms with van der Waals surface area (Å²) in [6.07, 6.45) is 7.77. The Kier molecular flexibility index (Phi) is 7.21. The van der Waals surface area contributed by atoms with Crippen LogP contribution in [0.4, 0.5) is 14.5 Å². The van der Waals surface area contributed by atoms with Crippen molar-refractivity contribution in [3.8, 4) is 16.8 Å². The van der Waals surface area contributed by atoms with Gasteiger partial charge in [-0.05, 0) is 56.9 Å². The molecule has 2 fully saturated rings. The highest BCUT2D eigenvalue weighted by Crippen LogP contribution is 2.27. The summed E-state index contributed by atoms with van der Waals surface area (Å²) in [5, 5.41) is 20.1. The van der Waals surface area contributed by atoms with Gasteiger partial charge in [-0.2, -0.15) is 5.10 Å². The average molecular weight is 511 g/mol. The van der Waals surface area contributed by atoms with Gasteiger partial charge in [0.05, 0.1) is 35.3 Å². The molecule has 1 saturated heterocycles. The first-order valence-corrected chi connectivity index (χ1v) is 12.7. The number of halogens is 2. The lowest BCUT2D eigenvalue weighted by atomic mass is 10.0. The van der Waals surface area contributed by atoms with Crippen LogP contribution < -0.4 is 10.6 Å². The third kappa shape index (κ3) is 5.97. The normalized spacial score (nSPS) is 21.0. The van der Waals surface area contributed by atoms with Crippen molar-refractivity contribution in [2.24, 2.45) is 0 Å². The molecule has 10 heteroatoms. The minimum atomic E-state index is -1.06. The smallest absolute Gasteiger partial charge is 0.254 e. The molecule has 37 heavy (non-hydrogen) atoms. The third-order valence-electron chi connectivity index (χ3n) is 6.84. The number of aromatic nitrogens is 3. The van der Waals surface area contributed by atoms with E-state index in [9.17, 15) is 18.7 Å². The fourth-order valence-electron chi connectivity index (χ4n) is 4.74. The molecule has 1 aliphatic heterocycles. The van der Waals surface area contributed by atoms with Gasteiger partial charge in [0.25, 0.3) is 5.91 Å². The van der Waals surface area contributed by atoms with Crippen molar-refractivity contribution < 1.29 is 18.7 Å². The van der Waals surface area contributed by atoms with Gasteiger partial charge in [0.1, 0.15) is 12.0 Å². The van der Waals surface area contributed by atoms with E-state index < -0.39 is 24.0 Å². The van der Waals surface area contributed by atoms with Crippen molar-refractivity contribution in [2.75, 3.05) is 25.0 Å². The lowest BCUT2D eigenvalue weighted by molar-refractivity contribution is 0.0760. The number of anilines is 1. The van der Waals surface area contributed by atoms with Gasteiger partial charge in [-0.3, -0.25) is 14.7 Å². The predicted octanol–water partition coefficient (Wildman–Crippen LogP) is 3.48. The number of likely N-dealkylation sites (tertiary alicyclic amines) is 1. The number of benzene rings is 1. The molecule has 196 valence electrons. The van der Waals surface area contributed by atoms with Crippen molar-refractivity contribution in [3.05, 3.63) is 59.9 Å². The zero-order chi connectivity index (χ0) is 26.1. The van der Waals surface area contributed by atoms with Crippen molar-refractivity contribution in [1.29, 1.82) is 0 Å². The van der Waals surface area contributed by atoms with Crippen molar-refractivity contribution in [2.45, 2.75) is 57.5 Å². The number of nitrogens with one attached hydrogen (secondary N) is 2. The van der Waals surface area contributed by atoms with E-state index in [1.54, 1.807) is 43.3 Å². The van der Waals surface area contributed by atoms with Gasteiger partial charge in [-0.25, -0.2) is 13.5 Å². The summed E-state index contributed by atoms with van der Waals surface area (Å²) < 4.78 is 31.0. The molecule has 1 aromatic carbocycles. The molecule has 0 spiro atoms. The minimum absolute atomic E-state index is 0.00214. The van der Waals surface area contributed by atoms with Gasteiger partial charge < -0.3 is 15.7 Å². The quantitative estimate of drug-likeness (QED) is 0.430. The number of aryl methyl sites for hydroxylation is 1. The molecule has 3 N–H and O–H groups in total. The van der Waals surface area contributed by atoms with E-state index in [-0.39, 0.29) is 24.2 Å². The molecule has 1 saturated carbocycles. The Morgan fingerprint density at radius 3 is 2.73 bits per heavy atom. The summed E-state index contributed by atoms with van der Waals surface area (Å²) in [6.45, 7) is 4.93. The number of pyridine rings is 1. The van der Waals surface area contributed by atoms with E-state index in [0.717, 1.165) is 24.0 Å². The van der Waals surface area contributed by atoms with Crippen LogP contribution >= 0.6 is 0 Å². The van der Waals surface area contributed by atoms with Crippen LogP contribution in [-0.4, -0.2) is 74.7 Å². The van der Waals surface area contributed by atoms with Crippen LogP contribution in [0.2, 0.25) is 0 Å². The van der Waals surface area contributed by atoms with E-state index in [1.807, 2.05) is 11.0 Å². The maximum atomic E-state index is 14.8. The van der Waals surface area contributed by atoms with Gasteiger partial charge in [0, 0.05) is 55.4 Å². The van der Waals surface area contributed by atoms with Crippen LogP contribution in [-0.2, 0) is 0 Å². The maximum Gasteiger partial charge on any atom is 0.254 e. The Labute approximate surface area is 214 Å². The van der Waals surface area contributed by atoms with Crippen molar-refractivity contribution in [3.63, 3.8) is 0 Å². The number of β-amino-alcohol motifs (C(OH)–C–C–N with tert-alkyl or cyclic N) is 1. The van der Waals surface area contributed by atoms with Crippen LogP contribution in [0.1, 0.15) is 42.1 Å². The fraction of sp³-hybridized carbons (Fsp3) is 0.444. The number of hydrogen-bond acceptors (Lipinski definition) is 6. The van der Waals surface area contributed by atoms with Gasteiger partial charge in [-0.15, -0.1) is 0 Å². The van der Waals surface area contributed by atoms with Gasteiger partial charge >= 0.3 is 0 Å². The maximum absolute atomic E-state index is 14.8. The van der Waals surface area contributed by atoms with Crippen LogP contribution in [0.5, 0.6) is 0 Å². The largest absolute Gasteiger partial charge is 0.392 e. The van der Waals surface area contributed by atoms with Crippen LogP contribution in [0, 0.1) is 12.7 Å². The lowest BCUT2D eigenvalue weighted by Crippen LogP contribution is -2.49. The number of hydrogen-bond donors (Lipinski definition) is 3. The fourth-order valence-corrected chi connectivity index (χ4v) is 4.74. The second-order valence-corrected chi connectivity index (χ2v) is 10.2. The number of piperidine rings is 1. The zero-order valence-corrected chi connectivity index (χ0v) is 21.0. The van der Waals surface area contributed by atoms with E-state index >= 15 is 0 Å². The second-order valence-electron chi connectivity index (χ2n) is 10.2. The molecule has 0 bridgehead atoms. The average Bonchev–Trinajstić information content (AvgIpc) is 3.52. The van der Waals surface area contributed by atoms with Gasteiger partial charge in [0.2, 0.25) is 0 Å². The molecule has 2 aliphatic rings. The third-order valence-corrected chi connectivity index (χ3v) is 6.84. The Balaban J connectivity index is 1.31. The SMILES string of the molecule is Cc1cc(F)c(C(=O)NC2CC2)cc1-n1cc(-c2cncc(N[C@H]3CCN(C[C@@H](C)O)C[C@H]3F)c2)cn1. The molecule has 3 aromatic rings. The Hall–Kier alpha value is -3.37. The molecule has 1 aliphatic carbocycles. The second kappa shape index (κ2) is 10.5. The first kappa shape index (κ1) is 25.3. The number of aliphatic hydroxyl groups excluding tert-OH is 1. The molecular weight excluding hydrogens is 478 g/mol. The molecule has 3 heterocycles. The molecular formula is C27H32F2N6O2. The Morgan fingerprint density at radius 1 is 1.19 bits per heavy atom. The van der Waals surface area contributed by atoms with Crippen molar-refractivity contribution >= 4 is 11.6 Å². The Bertz CT molecular complexity index is 1280. The number of carbonyl (C=O) groups excluding carboxylic acids is 1. The minimum Gasteiger partial charge on any atom is -0.392 e. The summed E-state index contributed by atoms with van der Waals surface area (Å²) in [5.74, 6) is -0.975. The Morgan fingerprint density at radius 2 is 2.00 bits per heavy atom. The first-order chi connectivity index (χ1) is 17.8. The number of alkyl halides is 1. The van der Waals surface area contributed by atoms with Crippen LogP contribution in [0.25, 0.3) is 16.8 Å². The number of rotatable bonds is 8. The summed E-state index contributed by atoms with van der Waals surface area (Å²) in [6, 6.07) is 4.57. The van der Waals surface area contributed by atoms with Gasteiger partial charge in [0.15, 0.2) is 0 Å². The molecule has 1 amide bonds. The van der Waals surface area contributed by atoms with Crippen molar-refractivity contribution in [1.82, 2.24) is 25.0 Å². The highest BCUT2D eigenvalue weighted by Gasteiger charge is 2.30. The predicted molar refractivity (Wildman–Crippen MR) is 137 cm³/mol. The molecule has 8 nitrogen and oxygen atoms in total. The molecule has 5 rings (SSSR count). The molecule has 3 atom stereocenters. The number of nitrogens with zero attached hydrogens (tertiary/aromatic N) is 4. The van der Waals surface area contributed by atoms with Crippen LogP contribution in [0.15, 0.2) is 43.0 Å². The van der Waals surface area contributed by atoms with E-state index in [0.29, 0.717) is 36.4 Å². The molecule has 2 aromatic heterocycles. The monoisotopic (exact) mass is 510 g/mol. The summed E-state index contributed by atoms with van der Waals surface area (Å²) in [4.78, 5) is 18.7. The lowest BCUT2D eigenvalue weighted by Gasteiger charge is -2.36. The topological polar surface area (TPSA) is 95.3 Å². The van der Waals surface area contributed by atoms with Gasteiger partial charge in [-0.1, -0.05) is 0 Å². The van der Waals surface area contributed by atoms with E-state index in [1.165, 1.54) is 12.1 Å². The van der Waals surface area contributed by atoms with E-state index in [4.69, 9.17) is 0 Å². The zero-order valence-electron chi connectivity index (χ0n) is 21.0.